The summed E-state index contributed by atoms with van der Waals surface area (Å²) in [5, 5.41) is 12.5. The third kappa shape index (κ3) is 4.32. The maximum absolute atomic E-state index is 12.7. The van der Waals surface area contributed by atoms with E-state index in [2.05, 4.69) is 38.3 Å². The highest BCUT2D eigenvalue weighted by molar-refractivity contribution is 5.78. The fourth-order valence-corrected chi connectivity index (χ4v) is 3.84. The van der Waals surface area contributed by atoms with E-state index in [4.69, 9.17) is 0 Å². The Morgan fingerprint density at radius 3 is 2.57 bits per heavy atom. The van der Waals surface area contributed by atoms with Crippen LogP contribution in [0.15, 0.2) is 48.7 Å². The molecule has 0 radical (unpaired) electrons. The van der Waals surface area contributed by atoms with E-state index in [1.165, 1.54) is 18.4 Å². The Morgan fingerprint density at radius 2 is 1.89 bits per heavy atom. The summed E-state index contributed by atoms with van der Waals surface area (Å²) in [6, 6.07) is 16.2. The first-order valence-corrected chi connectivity index (χ1v) is 9.91. The Hall–Kier alpha value is -2.91. The predicted octanol–water partition coefficient (Wildman–Crippen LogP) is 2.34. The van der Waals surface area contributed by atoms with Gasteiger partial charge in [-0.2, -0.15) is 5.26 Å². The minimum atomic E-state index is 0.0877. The number of aromatic nitrogens is 1. The van der Waals surface area contributed by atoms with Gasteiger partial charge >= 0.3 is 0 Å². The van der Waals surface area contributed by atoms with Crippen molar-refractivity contribution in [1.82, 2.24) is 15.2 Å². The summed E-state index contributed by atoms with van der Waals surface area (Å²) in [6.07, 6.45) is 4.09. The Morgan fingerprint density at radius 1 is 1.14 bits per heavy atom. The van der Waals surface area contributed by atoms with Gasteiger partial charge < -0.3 is 10.2 Å². The summed E-state index contributed by atoms with van der Waals surface area (Å²) < 4.78 is 0. The molecule has 1 saturated carbocycles. The van der Waals surface area contributed by atoms with E-state index in [9.17, 15) is 10.1 Å². The number of anilines is 1. The molecule has 1 amide bonds. The smallest absolute Gasteiger partial charge is 0.234 e. The monoisotopic (exact) mass is 375 g/mol. The lowest BCUT2D eigenvalue weighted by atomic mass is 10.0. The third-order valence-electron chi connectivity index (χ3n) is 5.51. The standard InChI is InChI=1S/C22H25N5O/c23-15-19-7-4-10-24-22(19)27-13-11-26(12-14-27)16-20(28)25-21(18-8-9-18)17-5-2-1-3-6-17/h1-7,10,18,21H,8-9,11-14,16H2,(H,25,28). The summed E-state index contributed by atoms with van der Waals surface area (Å²) in [7, 11) is 0. The summed E-state index contributed by atoms with van der Waals surface area (Å²) in [5.41, 5.74) is 1.80. The Labute approximate surface area is 165 Å². The van der Waals surface area contributed by atoms with Gasteiger partial charge in [0.1, 0.15) is 11.9 Å². The van der Waals surface area contributed by atoms with E-state index < -0.39 is 0 Å². The van der Waals surface area contributed by atoms with Crippen molar-refractivity contribution < 1.29 is 4.79 Å². The quantitative estimate of drug-likeness (QED) is 0.839. The van der Waals surface area contributed by atoms with Crippen LogP contribution in [-0.2, 0) is 4.79 Å². The molecule has 0 spiro atoms. The van der Waals surface area contributed by atoms with E-state index >= 15 is 0 Å². The zero-order chi connectivity index (χ0) is 19.3. The molecule has 1 atom stereocenters. The second-order valence-corrected chi connectivity index (χ2v) is 7.54. The van der Waals surface area contributed by atoms with Crippen molar-refractivity contribution in [3.8, 4) is 6.07 Å². The highest BCUT2D eigenvalue weighted by Crippen LogP contribution is 2.40. The third-order valence-corrected chi connectivity index (χ3v) is 5.51. The SMILES string of the molecule is N#Cc1cccnc1N1CCN(CC(=O)NC(c2ccccc2)C2CC2)CC1. The van der Waals surface area contributed by atoms with Crippen molar-refractivity contribution in [2.24, 2.45) is 5.92 Å². The van der Waals surface area contributed by atoms with E-state index in [1.807, 2.05) is 18.2 Å². The van der Waals surface area contributed by atoms with Crippen LogP contribution >= 0.6 is 0 Å². The van der Waals surface area contributed by atoms with Crippen molar-refractivity contribution in [2.45, 2.75) is 18.9 Å². The second-order valence-electron chi connectivity index (χ2n) is 7.54. The Balaban J connectivity index is 1.31. The minimum absolute atomic E-state index is 0.0877. The molecule has 1 aliphatic heterocycles. The molecule has 2 aliphatic rings. The predicted molar refractivity (Wildman–Crippen MR) is 108 cm³/mol. The van der Waals surface area contributed by atoms with Gasteiger partial charge in [0.25, 0.3) is 0 Å². The van der Waals surface area contributed by atoms with Crippen LogP contribution in [0.2, 0.25) is 0 Å². The average molecular weight is 375 g/mol. The normalized spacial score (nSPS) is 18.3. The van der Waals surface area contributed by atoms with Crippen LogP contribution in [0.4, 0.5) is 5.82 Å². The van der Waals surface area contributed by atoms with E-state index in [-0.39, 0.29) is 11.9 Å². The van der Waals surface area contributed by atoms with Crippen LogP contribution in [0.1, 0.15) is 30.0 Å². The van der Waals surface area contributed by atoms with Crippen LogP contribution in [0, 0.1) is 17.2 Å². The van der Waals surface area contributed by atoms with Crippen molar-refractivity contribution in [1.29, 1.82) is 5.26 Å². The van der Waals surface area contributed by atoms with Gasteiger partial charge in [0.05, 0.1) is 18.2 Å². The number of carbonyl (C=O) groups excluding carboxylic acids is 1. The van der Waals surface area contributed by atoms with Gasteiger partial charge in [-0.1, -0.05) is 30.3 Å². The second kappa shape index (κ2) is 8.41. The van der Waals surface area contributed by atoms with Crippen LogP contribution in [-0.4, -0.2) is 48.5 Å². The molecule has 2 fully saturated rings. The summed E-state index contributed by atoms with van der Waals surface area (Å²) >= 11 is 0. The lowest BCUT2D eigenvalue weighted by molar-refractivity contribution is -0.123. The van der Waals surface area contributed by atoms with Crippen molar-refractivity contribution in [3.05, 3.63) is 59.8 Å². The molecular formula is C22H25N5O. The van der Waals surface area contributed by atoms with Gasteiger partial charge in [0.2, 0.25) is 5.91 Å². The van der Waals surface area contributed by atoms with Crippen LogP contribution in [0.5, 0.6) is 0 Å². The zero-order valence-electron chi connectivity index (χ0n) is 15.9. The molecule has 2 heterocycles. The number of piperazine rings is 1. The number of carbonyl (C=O) groups is 1. The van der Waals surface area contributed by atoms with E-state index in [0.29, 0.717) is 18.0 Å². The van der Waals surface area contributed by atoms with Gasteiger partial charge in [-0.05, 0) is 36.5 Å². The number of nitriles is 1. The number of hydrogen-bond acceptors (Lipinski definition) is 5. The molecule has 1 aliphatic carbocycles. The first-order valence-electron chi connectivity index (χ1n) is 9.91. The Kier molecular flexibility index (Phi) is 5.54. The number of benzene rings is 1. The zero-order valence-corrected chi connectivity index (χ0v) is 15.9. The van der Waals surface area contributed by atoms with Gasteiger partial charge in [0.15, 0.2) is 0 Å². The summed E-state index contributed by atoms with van der Waals surface area (Å²) in [4.78, 5) is 21.3. The van der Waals surface area contributed by atoms with Crippen LogP contribution < -0.4 is 10.2 Å². The van der Waals surface area contributed by atoms with Gasteiger partial charge in [0, 0.05) is 32.4 Å². The molecule has 144 valence electrons. The van der Waals surface area contributed by atoms with E-state index in [1.54, 1.807) is 18.3 Å². The molecule has 2 aromatic rings. The molecule has 4 rings (SSSR count). The summed E-state index contributed by atoms with van der Waals surface area (Å²) in [6.45, 7) is 3.52. The largest absolute Gasteiger partial charge is 0.353 e. The molecule has 28 heavy (non-hydrogen) atoms. The summed E-state index contributed by atoms with van der Waals surface area (Å²) in [5.74, 6) is 1.40. The number of nitrogens with zero attached hydrogens (tertiary/aromatic N) is 4. The van der Waals surface area contributed by atoms with Crippen LogP contribution in [0.3, 0.4) is 0 Å². The van der Waals surface area contributed by atoms with Crippen LogP contribution in [0.25, 0.3) is 0 Å². The van der Waals surface area contributed by atoms with Crippen molar-refractivity contribution in [3.63, 3.8) is 0 Å². The number of pyridine rings is 1. The Bertz CT molecular complexity index is 851. The number of nitrogens with one attached hydrogen (secondary N) is 1. The highest BCUT2D eigenvalue weighted by Gasteiger charge is 2.33. The molecule has 1 unspecified atom stereocenters. The molecule has 6 heteroatoms. The molecule has 1 aromatic heterocycles. The number of amides is 1. The fourth-order valence-electron chi connectivity index (χ4n) is 3.84. The lowest BCUT2D eigenvalue weighted by Gasteiger charge is -2.35. The first-order chi connectivity index (χ1) is 13.7. The molecule has 1 N–H and O–H groups in total. The van der Waals surface area contributed by atoms with Gasteiger partial charge in [-0.3, -0.25) is 9.69 Å². The van der Waals surface area contributed by atoms with Crippen molar-refractivity contribution >= 4 is 11.7 Å². The molecule has 0 bridgehead atoms. The molecule has 1 saturated heterocycles. The minimum Gasteiger partial charge on any atom is -0.353 e. The fraction of sp³-hybridized carbons (Fsp3) is 0.409. The first kappa shape index (κ1) is 18.5. The maximum atomic E-state index is 12.7. The van der Waals surface area contributed by atoms with Gasteiger partial charge in [-0.25, -0.2) is 4.98 Å². The lowest BCUT2D eigenvalue weighted by Crippen LogP contribution is -2.50. The average Bonchev–Trinajstić information content (AvgIpc) is 3.58. The molecular weight excluding hydrogens is 350 g/mol. The number of hydrogen-bond donors (Lipinski definition) is 1. The van der Waals surface area contributed by atoms with Gasteiger partial charge in [-0.15, -0.1) is 0 Å². The topological polar surface area (TPSA) is 72.3 Å². The highest BCUT2D eigenvalue weighted by atomic mass is 16.2. The van der Waals surface area contributed by atoms with E-state index in [0.717, 1.165) is 32.0 Å². The number of rotatable bonds is 6. The molecule has 1 aromatic carbocycles. The van der Waals surface area contributed by atoms with Crippen molar-refractivity contribution in [2.75, 3.05) is 37.6 Å². The maximum Gasteiger partial charge on any atom is 0.234 e. The molecule has 6 nitrogen and oxygen atoms in total.